The van der Waals surface area contributed by atoms with Gasteiger partial charge in [0.25, 0.3) is 0 Å². The summed E-state index contributed by atoms with van der Waals surface area (Å²) >= 11 is 7.53. The van der Waals surface area contributed by atoms with Crippen LogP contribution < -0.4 is 0 Å². The topological polar surface area (TPSA) is 30.7 Å². The predicted octanol–water partition coefficient (Wildman–Crippen LogP) is 2.76. The highest BCUT2D eigenvalue weighted by Gasteiger charge is 2.04. The fourth-order valence-corrected chi connectivity index (χ4v) is 2.13. The molecule has 2 heterocycles. The van der Waals surface area contributed by atoms with Crippen LogP contribution in [0.4, 0.5) is 0 Å². The normalized spacial score (nSPS) is 10.5. The van der Waals surface area contributed by atoms with Crippen molar-refractivity contribution in [3.8, 4) is 0 Å². The van der Waals surface area contributed by atoms with E-state index in [0.29, 0.717) is 5.15 Å². The summed E-state index contributed by atoms with van der Waals surface area (Å²) in [6.45, 7) is 0. The van der Waals surface area contributed by atoms with Crippen molar-refractivity contribution < 1.29 is 0 Å². The number of rotatable bonds is 3. The van der Waals surface area contributed by atoms with E-state index in [1.807, 2.05) is 29.8 Å². The molecule has 0 unspecified atom stereocenters. The molecule has 5 heteroatoms. The maximum Gasteiger partial charge on any atom is 0.128 e. The number of halogens is 1. The summed E-state index contributed by atoms with van der Waals surface area (Å²) in [5.41, 5.74) is 0. The highest BCUT2D eigenvalue weighted by molar-refractivity contribution is 7.98. The van der Waals surface area contributed by atoms with E-state index in [2.05, 4.69) is 9.97 Å². The van der Waals surface area contributed by atoms with Crippen molar-refractivity contribution in [3.05, 3.63) is 41.6 Å². The molecule has 0 aromatic carbocycles. The van der Waals surface area contributed by atoms with E-state index in [1.165, 1.54) is 0 Å². The molecule has 0 saturated carbocycles. The summed E-state index contributed by atoms with van der Waals surface area (Å²) in [6, 6.07) is 5.86. The van der Waals surface area contributed by atoms with Crippen LogP contribution >= 0.6 is 23.4 Å². The zero-order valence-electron chi connectivity index (χ0n) is 8.22. The highest BCUT2D eigenvalue weighted by Crippen LogP contribution is 2.20. The van der Waals surface area contributed by atoms with Crippen LogP contribution in [0.25, 0.3) is 0 Å². The monoisotopic (exact) mass is 239 g/mol. The second kappa shape index (κ2) is 4.68. The van der Waals surface area contributed by atoms with Gasteiger partial charge in [0.2, 0.25) is 0 Å². The lowest BCUT2D eigenvalue weighted by molar-refractivity contribution is 0.849. The minimum Gasteiger partial charge on any atom is -0.322 e. The first-order chi connectivity index (χ1) is 7.27. The Hall–Kier alpha value is -1.00. The minimum absolute atomic E-state index is 0.659. The fourth-order valence-electron chi connectivity index (χ4n) is 1.13. The van der Waals surface area contributed by atoms with E-state index in [0.717, 1.165) is 16.6 Å². The van der Waals surface area contributed by atoms with E-state index in [-0.39, 0.29) is 0 Å². The third-order valence-corrected chi connectivity index (χ3v) is 3.31. The Balaban J connectivity index is 2.02. The lowest BCUT2D eigenvalue weighted by Gasteiger charge is -2.01. The smallest absolute Gasteiger partial charge is 0.128 e. The number of thioether (sulfide) groups is 1. The molecule has 0 fully saturated rings. The third-order valence-electron chi connectivity index (χ3n) is 2.01. The van der Waals surface area contributed by atoms with Crippen LogP contribution in [-0.4, -0.2) is 14.5 Å². The summed E-state index contributed by atoms with van der Waals surface area (Å²) in [6.07, 6.45) is 3.45. The van der Waals surface area contributed by atoms with Crippen molar-refractivity contribution in [3.63, 3.8) is 0 Å². The van der Waals surface area contributed by atoms with E-state index in [9.17, 15) is 0 Å². The first kappa shape index (κ1) is 10.5. The SMILES string of the molecule is Cn1c(Cl)cnc1CSc1ccccn1. The van der Waals surface area contributed by atoms with E-state index in [1.54, 1.807) is 24.2 Å². The first-order valence-electron chi connectivity index (χ1n) is 4.47. The van der Waals surface area contributed by atoms with Crippen LogP contribution in [0.2, 0.25) is 5.15 Å². The molecule has 0 saturated heterocycles. The van der Waals surface area contributed by atoms with Gasteiger partial charge in [0, 0.05) is 13.2 Å². The number of hydrogen-bond donors (Lipinski definition) is 0. The molecule has 0 N–H and O–H groups in total. The Kier molecular flexibility index (Phi) is 3.28. The predicted molar refractivity (Wildman–Crippen MR) is 62.0 cm³/mol. The zero-order chi connectivity index (χ0) is 10.7. The first-order valence-corrected chi connectivity index (χ1v) is 5.83. The summed E-state index contributed by atoms with van der Waals surface area (Å²) in [5, 5.41) is 1.66. The Morgan fingerprint density at radius 3 is 2.87 bits per heavy atom. The van der Waals surface area contributed by atoms with Crippen molar-refractivity contribution in [1.29, 1.82) is 0 Å². The molecule has 0 radical (unpaired) electrons. The van der Waals surface area contributed by atoms with Crippen LogP contribution in [0.15, 0.2) is 35.6 Å². The summed E-state index contributed by atoms with van der Waals surface area (Å²) in [5.74, 6) is 1.73. The van der Waals surface area contributed by atoms with Gasteiger partial charge in [-0.3, -0.25) is 0 Å². The molecular formula is C10H10ClN3S. The number of aromatic nitrogens is 3. The molecular weight excluding hydrogens is 230 g/mol. The van der Waals surface area contributed by atoms with Crippen LogP contribution in [0.5, 0.6) is 0 Å². The lowest BCUT2D eigenvalue weighted by atomic mass is 10.5. The highest BCUT2D eigenvalue weighted by atomic mass is 35.5. The van der Waals surface area contributed by atoms with Crippen molar-refractivity contribution in [1.82, 2.24) is 14.5 Å². The number of nitrogens with zero attached hydrogens (tertiary/aromatic N) is 3. The third kappa shape index (κ3) is 2.52. The molecule has 0 aliphatic heterocycles. The summed E-state index contributed by atoms with van der Waals surface area (Å²) in [7, 11) is 1.91. The second-order valence-corrected chi connectivity index (χ2v) is 4.40. The van der Waals surface area contributed by atoms with Crippen molar-refractivity contribution in [2.24, 2.45) is 7.05 Å². The average molecular weight is 240 g/mol. The lowest BCUT2D eigenvalue weighted by Crippen LogP contribution is -1.95. The minimum atomic E-state index is 0.659. The van der Waals surface area contributed by atoms with Gasteiger partial charge < -0.3 is 4.57 Å². The van der Waals surface area contributed by atoms with Crippen LogP contribution in [0, 0.1) is 0 Å². The van der Waals surface area contributed by atoms with Gasteiger partial charge in [0.05, 0.1) is 17.0 Å². The molecule has 0 spiro atoms. The molecule has 78 valence electrons. The van der Waals surface area contributed by atoms with Crippen molar-refractivity contribution >= 4 is 23.4 Å². The van der Waals surface area contributed by atoms with Crippen molar-refractivity contribution in [2.45, 2.75) is 10.8 Å². The van der Waals surface area contributed by atoms with E-state index >= 15 is 0 Å². The van der Waals surface area contributed by atoms with Gasteiger partial charge in [-0.25, -0.2) is 9.97 Å². The Morgan fingerprint density at radius 2 is 2.27 bits per heavy atom. The summed E-state index contributed by atoms with van der Waals surface area (Å²) < 4.78 is 1.87. The Labute approximate surface area is 97.5 Å². The van der Waals surface area contributed by atoms with Crippen LogP contribution in [0.1, 0.15) is 5.82 Å². The maximum atomic E-state index is 5.89. The Bertz CT molecular complexity index is 441. The average Bonchev–Trinajstić information content (AvgIpc) is 2.59. The second-order valence-electron chi connectivity index (χ2n) is 3.01. The fraction of sp³-hybridized carbons (Fsp3) is 0.200. The van der Waals surface area contributed by atoms with Gasteiger partial charge in [-0.05, 0) is 12.1 Å². The van der Waals surface area contributed by atoms with Crippen LogP contribution in [-0.2, 0) is 12.8 Å². The molecule has 0 atom stereocenters. The van der Waals surface area contributed by atoms with Gasteiger partial charge in [-0.1, -0.05) is 29.4 Å². The Morgan fingerprint density at radius 1 is 1.40 bits per heavy atom. The molecule has 0 aliphatic carbocycles. The molecule has 15 heavy (non-hydrogen) atoms. The van der Waals surface area contributed by atoms with E-state index < -0.39 is 0 Å². The molecule has 2 aromatic rings. The molecule has 0 aliphatic rings. The number of hydrogen-bond acceptors (Lipinski definition) is 3. The number of imidazole rings is 1. The van der Waals surface area contributed by atoms with Crippen LogP contribution in [0.3, 0.4) is 0 Å². The van der Waals surface area contributed by atoms with Gasteiger partial charge in [-0.2, -0.15) is 0 Å². The maximum absolute atomic E-state index is 5.89. The van der Waals surface area contributed by atoms with Gasteiger partial charge >= 0.3 is 0 Å². The van der Waals surface area contributed by atoms with Crippen molar-refractivity contribution in [2.75, 3.05) is 0 Å². The number of pyridine rings is 1. The van der Waals surface area contributed by atoms with Gasteiger partial charge in [0.15, 0.2) is 0 Å². The van der Waals surface area contributed by atoms with Gasteiger partial charge in [-0.15, -0.1) is 0 Å². The van der Waals surface area contributed by atoms with E-state index in [4.69, 9.17) is 11.6 Å². The molecule has 3 nitrogen and oxygen atoms in total. The quantitative estimate of drug-likeness (QED) is 0.772. The molecule has 2 rings (SSSR count). The largest absolute Gasteiger partial charge is 0.322 e. The molecule has 2 aromatic heterocycles. The molecule has 0 bridgehead atoms. The van der Waals surface area contributed by atoms with Gasteiger partial charge in [0.1, 0.15) is 11.0 Å². The standard InChI is InChI=1S/C10H10ClN3S/c1-14-8(11)6-13-9(14)7-15-10-4-2-3-5-12-10/h2-6H,7H2,1H3. The summed E-state index contributed by atoms with van der Waals surface area (Å²) in [4.78, 5) is 8.44. The zero-order valence-corrected chi connectivity index (χ0v) is 9.79. The molecule has 0 amide bonds.